The molecule has 110 valence electrons. The molecule has 1 aliphatic rings. The van der Waals surface area contributed by atoms with Gasteiger partial charge in [0.2, 0.25) is 0 Å². The SMILES string of the molecule is CCN1CCOC(COc2ccc(C=O)cc2OC)C1. The zero-order valence-electron chi connectivity index (χ0n) is 12.0. The van der Waals surface area contributed by atoms with E-state index in [0.717, 1.165) is 32.5 Å². The van der Waals surface area contributed by atoms with E-state index >= 15 is 0 Å². The molecule has 1 fully saturated rings. The fourth-order valence-electron chi connectivity index (χ4n) is 2.23. The van der Waals surface area contributed by atoms with Crippen molar-refractivity contribution >= 4 is 6.29 Å². The van der Waals surface area contributed by atoms with Gasteiger partial charge >= 0.3 is 0 Å². The summed E-state index contributed by atoms with van der Waals surface area (Å²) >= 11 is 0. The predicted molar refractivity (Wildman–Crippen MR) is 75.7 cm³/mol. The fourth-order valence-corrected chi connectivity index (χ4v) is 2.23. The Morgan fingerprint density at radius 2 is 2.30 bits per heavy atom. The van der Waals surface area contributed by atoms with Crippen molar-refractivity contribution in [2.75, 3.05) is 40.0 Å². The van der Waals surface area contributed by atoms with Gasteiger partial charge in [0.25, 0.3) is 0 Å². The first kappa shape index (κ1) is 14.8. The van der Waals surface area contributed by atoms with Gasteiger partial charge in [-0.2, -0.15) is 0 Å². The Balaban J connectivity index is 1.94. The van der Waals surface area contributed by atoms with Gasteiger partial charge in [-0.05, 0) is 24.7 Å². The molecule has 0 aliphatic carbocycles. The fraction of sp³-hybridized carbons (Fsp3) is 0.533. The van der Waals surface area contributed by atoms with Gasteiger partial charge in [-0.1, -0.05) is 6.92 Å². The molecule has 5 nitrogen and oxygen atoms in total. The summed E-state index contributed by atoms with van der Waals surface area (Å²) in [4.78, 5) is 13.1. The quantitative estimate of drug-likeness (QED) is 0.740. The highest BCUT2D eigenvalue weighted by Gasteiger charge is 2.20. The van der Waals surface area contributed by atoms with Crippen molar-refractivity contribution in [2.24, 2.45) is 0 Å². The third kappa shape index (κ3) is 3.71. The topological polar surface area (TPSA) is 48.0 Å². The van der Waals surface area contributed by atoms with Gasteiger partial charge in [0, 0.05) is 18.7 Å². The smallest absolute Gasteiger partial charge is 0.161 e. The van der Waals surface area contributed by atoms with Crippen LogP contribution in [0.25, 0.3) is 0 Å². The molecule has 1 atom stereocenters. The molecule has 1 aromatic carbocycles. The summed E-state index contributed by atoms with van der Waals surface area (Å²) in [6.07, 6.45) is 0.856. The number of ether oxygens (including phenoxy) is 3. The maximum Gasteiger partial charge on any atom is 0.161 e. The van der Waals surface area contributed by atoms with E-state index in [2.05, 4.69) is 11.8 Å². The number of likely N-dealkylation sites (N-methyl/N-ethyl adjacent to an activating group) is 1. The number of aldehydes is 1. The second-order valence-electron chi connectivity index (χ2n) is 4.73. The van der Waals surface area contributed by atoms with Crippen molar-refractivity contribution in [3.05, 3.63) is 23.8 Å². The summed E-state index contributed by atoms with van der Waals surface area (Å²) < 4.78 is 16.7. The Morgan fingerprint density at radius 1 is 1.45 bits per heavy atom. The summed E-state index contributed by atoms with van der Waals surface area (Å²) in [5.41, 5.74) is 0.570. The lowest BCUT2D eigenvalue weighted by atomic mass is 10.2. The summed E-state index contributed by atoms with van der Waals surface area (Å²) in [5, 5.41) is 0. The minimum absolute atomic E-state index is 0.0687. The Hall–Kier alpha value is -1.59. The molecule has 2 rings (SSSR count). The van der Waals surface area contributed by atoms with Gasteiger partial charge in [-0.3, -0.25) is 9.69 Å². The summed E-state index contributed by atoms with van der Waals surface area (Å²) in [5.74, 6) is 1.20. The molecule has 0 radical (unpaired) electrons. The molecule has 0 aromatic heterocycles. The average Bonchev–Trinajstić information content (AvgIpc) is 2.52. The van der Waals surface area contributed by atoms with E-state index in [4.69, 9.17) is 14.2 Å². The molecule has 1 saturated heterocycles. The first-order chi connectivity index (χ1) is 9.76. The largest absolute Gasteiger partial charge is 0.493 e. The third-order valence-corrected chi connectivity index (χ3v) is 3.42. The highest BCUT2D eigenvalue weighted by Crippen LogP contribution is 2.27. The monoisotopic (exact) mass is 279 g/mol. The number of nitrogens with zero attached hydrogens (tertiary/aromatic N) is 1. The molecular weight excluding hydrogens is 258 g/mol. The number of rotatable bonds is 6. The molecule has 0 amide bonds. The molecule has 1 heterocycles. The van der Waals surface area contributed by atoms with E-state index in [1.807, 2.05) is 0 Å². The average molecular weight is 279 g/mol. The first-order valence-corrected chi connectivity index (χ1v) is 6.86. The van der Waals surface area contributed by atoms with E-state index < -0.39 is 0 Å². The van der Waals surface area contributed by atoms with Crippen molar-refractivity contribution < 1.29 is 19.0 Å². The van der Waals surface area contributed by atoms with Crippen LogP contribution in [0.4, 0.5) is 0 Å². The van der Waals surface area contributed by atoms with Crippen molar-refractivity contribution in [3.8, 4) is 11.5 Å². The Kier molecular flexibility index (Phi) is 5.38. The van der Waals surface area contributed by atoms with Crippen LogP contribution in [0.1, 0.15) is 17.3 Å². The van der Waals surface area contributed by atoms with E-state index in [9.17, 15) is 4.79 Å². The number of benzene rings is 1. The number of carbonyl (C=O) groups excluding carboxylic acids is 1. The molecule has 0 bridgehead atoms. The molecular formula is C15H21NO4. The van der Waals surface area contributed by atoms with Crippen LogP contribution in [0.3, 0.4) is 0 Å². The molecule has 0 N–H and O–H groups in total. The maximum atomic E-state index is 10.7. The molecule has 1 aromatic rings. The van der Waals surface area contributed by atoms with E-state index in [-0.39, 0.29) is 6.10 Å². The predicted octanol–water partition coefficient (Wildman–Crippen LogP) is 1.61. The number of carbonyl (C=O) groups is 1. The second-order valence-corrected chi connectivity index (χ2v) is 4.73. The van der Waals surface area contributed by atoms with Gasteiger partial charge in [-0.25, -0.2) is 0 Å². The Labute approximate surface area is 119 Å². The van der Waals surface area contributed by atoms with Crippen molar-refractivity contribution in [1.29, 1.82) is 0 Å². The van der Waals surface area contributed by atoms with Crippen LogP contribution in [-0.2, 0) is 4.74 Å². The van der Waals surface area contributed by atoms with Crippen LogP contribution in [-0.4, -0.2) is 57.2 Å². The molecule has 1 aliphatic heterocycles. The lowest BCUT2D eigenvalue weighted by Gasteiger charge is -2.31. The third-order valence-electron chi connectivity index (χ3n) is 3.42. The van der Waals surface area contributed by atoms with Crippen molar-refractivity contribution in [2.45, 2.75) is 13.0 Å². The van der Waals surface area contributed by atoms with E-state index in [0.29, 0.717) is 23.7 Å². The lowest BCUT2D eigenvalue weighted by Crippen LogP contribution is -2.44. The van der Waals surface area contributed by atoms with Crippen LogP contribution in [0.2, 0.25) is 0 Å². The molecule has 0 spiro atoms. The van der Waals surface area contributed by atoms with Crippen molar-refractivity contribution in [3.63, 3.8) is 0 Å². The molecule has 0 saturated carbocycles. The second kappa shape index (κ2) is 7.26. The standard InChI is InChI=1S/C15H21NO4/c1-3-16-6-7-19-13(9-16)11-20-14-5-4-12(10-17)8-15(14)18-2/h4-5,8,10,13H,3,6-7,9,11H2,1-2H3. The lowest BCUT2D eigenvalue weighted by molar-refractivity contribution is -0.0466. The zero-order valence-corrected chi connectivity index (χ0v) is 12.0. The van der Waals surface area contributed by atoms with Crippen LogP contribution < -0.4 is 9.47 Å². The van der Waals surface area contributed by atoms with E-state index in [1.165, 1.54) is 0 Å². The van der Waals surface area contributed by atoms with Crippen molar-refractivity contribution in [1.82, 2.24) is 4.90 Å². The minimum Gasteiger partial charge on any atom is -0.493 e. The minimum atomic E-state index is 0.0687. The highest BCUT2D eigenvalue weighted by molar-refractivity contribution is 5.76. The number of hydrogen-bond donors (Lipinski definition) is 0. The number of hydrogen-bond acceptors (Lipinski definition) is 5. The van der Waals surface area contributed by atoms with Crippen LogP contribution in [0.15, 0.2) is 18.2 Å². The van der Waals surface area contributed by atoms with Gasteiger partial charge in [0.1, 0.15) is 19.0 Å². The number of morpholine rings is 1. The Morgan fingerprint density at radius 3 is 3.00 bits per heavy atom. The highest BCUT2D eigenvalue weighted by atomic mass is 16.5. The Bertz CT molecular complexity index is 449. The van der Waals surface area contributed by atoms with Crippen LogP contribution >= 0.6 is 0 Å². The van der Waals surface area contributed by atoms with Gasteiger partial charge in [0.05, 0.1) is 13.7 Å². The molecule has 1 unspecified atom stereocenters. The summed E-state index contributed by atoms with van der Waals surface area (Å²) in [6.45, 7) is 6.24. The maximum absolute atomic E-state index is 10.7. The number of methoxy groups -OCH3 is 1. The molecule has 5 heteroatoms. The zero-order chi connectivity index (χ0) is 14.4. The normalized spacial score (nSPS) is 19.6. The van der Waals surface area contributed by atoms with E-state index in [1.54, 1.807) is 25.3 Å². The summed E-state index contributed by atoms with van der Waals surface area (Å²) in [6, 6.07) is 5.14. The van der Waals surface area contributed by atoms with Gasteiger partial charge in [0.15, 0.2) is 11.5 Å². The van der Waals surface area contributed by atoms with Crippen LogP contribution in [0.5, 0.6) is 11.5 Å². The van der Waals surface area contributed by atoms with Gasteiger partial charge < -0.3 is 14.2 Å². The first-order valence-electron chi connectivity index (χ1n) is 6.86. The van der Waals surface area contributed by atoms with Gasteiger partial charge in [-0.15, -0.1) is 0 Å². The summed E-state index contributed by atoms with van der Waals surface area (Å²) in [7, 11) is 1.56. The molecule has 20 heavy (non-hydrogen) atoms. The van der Waals surface area contributed by atoms with Crippen LogP contribution in [0, 0.1) is 0 Å².